The molecular formula is C17H13BrClN3O3. The number of hydrogen-bond acceptors (Lipinski definition) is 4. The van der Waals surface area contributed by atoms with Crippen molar-refractivity contribution < 1.29 is 14.4 Å². The molecule has 0 saturated carbocycles. The lowest BCUT2D eigenvalue weighted by molar-refractivity contribution is -0.121. The normalized spacial score (nSPS) is 17.0. The Morgan fingerprint density at radius 3 is 2.48 bits per heavy atom. The fraction of sp³-hybridized carbons (Fsp3) is 0.118. The number of carbonyl (C=O) groups excluding carboxylic acids is 3. The number of halogens is 2. The molecule has 2 aromatic carbocycles. The molecule has 0 aliphatic carbocycles. The van der Waals surface area contributed by atoms with Crippen molar-refractivity contribution in [3.8, 4) is 0 Å². The van der Waals surface area contributed by atoms with Crippen LogP contribution >= 0.6 is 27.5 Å². The van der Waals surface area contributed by atoms with Gasteiger partial charge in [-0.2, -0.15) is 0 Å². The maximum Gasteiger partial charge on any atom is 0.266 e. The fourth-order valence-corrected chi connectivity index (χ4v) is 2.96. The van der Waals surface area contributed by atoms with Gasteiger partial charge in [-0.15, -0.1) is 0 Å². The standard InChI is InChI=1S/C17H13BrClN3O3/c18-10-5-7-11(8-6-10)22-15(23)9-14(17(22)25)20-21-16(24)12-3-1-2-4-13(12)19/h1-8,14,20H,9H2,(H,21,24). The summed E-state index contributed by atoms with van der Waals surface area (Å²) in [4.78, 5) is 37.9. The highest BCUT2D eigenvalue weighted by Crippen LogP contribution is 2.24. The fourth-order valence-electron chi connectivity index (χ4n) is 2.47. The van der Waals surface area contributed by atoms with Gasteiger partial charge in [0.15, 0.2) is 0 Å². The first-order valence-corrected chi connectivity index (χ1v) is 8.57. The van der Waals surface area contributed by atoms with Crippen LogP contribution in [0.25, 0.3) is 0 Å². The molecule has 2 N–H and O–H groups in total. The monoisotopic (exact) mass is 421 g/mol. The highest BCUT2D eigenvalue weighted by atomic mass is 79.9. The molecule has 1 aliphatic rings. The lowest BCUT2D eigenvalue weighted by Crippen LogP contribution is -2.48. The molecule has 0 bridgehead atoms. The number of benzene rings is 2. The molecule has 128 valence electrons. The lowest BCUT2D eigenvalue weighted by Gasteiger charge is -2.16. The minimum absolute atomic E-state index is 0.0439. The summed E-state index contributed by atoms with van der Waals surface area (Å²) in [5.74, 6) is -1.24. The average molecular weight is 423 g/mol. The zero-order valence-corrected chi connectivity index (χ0v) is 15.2. The van der Waals surface area contributed by atoms with Gasteiger partial charge in [-0.3, -0.25) is 19.8 Å². The van der Waals surface area contributed by atoms with Crippen molar-refractivity contribution in [1.29, 1.82) is 0 Å². The van der Waals surface area contributed by atoms with Gasteiger partial charge in [0.25, 0.3) is 11.8 Å². The largest absolute Gasteiger partial charge is 0.287 e. The highest BCUT2D eigenvalue weighted by molar-refractivity contribution is 9.10. The van der Waals surface area contributed by atoms with Gasteiger partial charge in [0.1, 0.15) is 6.04 Å². The molecule has 1 saturated heterocycles. The van der Waals surface area contributed by atoms with E-state index >= 15 is 0 Å². The van der Waals surface area contributed by atoms with Gasteiger partial charge in [0.2, 0.25) is 5.91 Å². The summed E-state index contributed by atoms with van der Waals surface area (Å²) in [5, 5.41) is 0.298. The third kappa shape index (κ3) is 3.73. The van der Waals surface area contributed by atoms with Crippen LogP contribution in [0, 0.1) is 0 Å². The molecule has 1 aliphatic heterocycles. The Balaban J connectivity index is 1.67. The van der Waals surface area contributed by atoms with Gasteiger partial charge in [0, 0.05) is 4.47 Å². The molecule has 2 aromatic rings. The topological polar surface area (TPSA) is 78.5 Å². The molecule has 0 spiro atoms. The van der Waals surface area contributed by atoms with Crippen molar-refractivity contribution in [1.82, 2.24) is 10.9 Å². The summed E-state index contributed by atoms with van der Waals surface area (Å²) >= 11 is 9.27. The number of rotatable bonds is 4. The molecule has 3 rings (SSSR count). The number of hydrogen-bond donors (Lipinski definition) is 2. The highest BCUT2D eigenvalue weighted by Gasteiger charge is 2.39. The summed E-state index contributed by atoms with van der Waals surface area (Å²) in [7, 11) is 0. The summed E-state index contributed by atoms with van der Waals surface area (Å²) in [5.41, 5.74) is 5.81. The van der Waals surface area contributed by atoms with Gasteiger partial charge in [-0.05, 0) is 36.4 Å². The number of nitrogens with one attached hydrogen (secondary N) is 2. The zero-order valence-electron chi connectivity index (χ0n) is 12.8. The summed E-state index contributed by atoms with van der Waals surface area (Å²) in [6.07, 6.45) is -0.0439. The molecule has 6 nitrogen and oxygen atoms in total. The molecule has 0 radical (unpaired) electrons. The zero-order chi connectivity index (χ0) is 18.0. The Bertz CT molecular complexity index is 841. The van der Waals surface area contributed by atoms with E-state index in [1.165, 1.54) is 0 Å². The number of amides is 3. The van der Waals surface area contributed by atoms with E-state index in [1.54, 1.807) is 48.5 Å². The smallest absolute Gasteiger partial charge is 0.266 e. The van der Waals surface area contributed by atoms with Crippen LogP contribution in [0.4, 0.5) is 5.69 Å². The molecule has 0 aromatic heterocycles. The summed E-state index contributed by atoms with van der Waals surface area (Å²) in [6, 6.07) is 12.6. The second-order valence-corrected chi connectivity index (χ2v) is 6.70. The van der Waals surface area contributed by atoms with Crippen LogP contribution < -0.4 is 15.8 Å². The Kier molecular flexibility index (Phi) is 5.17. The Morgan fingerprint density at radius 1 is 1.12 bits per heavy atom. The van der Waals surface area contributed by atoms with Gasteiger partial charge in [-0.1, -0.05) is 39.7 Å². The average Bonchev–Trinajstić information content (AvgIpc) is 2.88. The third-order valence-electron chi connectivity index (χ3n) is 3.71. The molecule has 25 heavy (non-hydrogen) atoms. The van der Waals surface area contributed by atoms with E-state index in [0.717, 1.165) is 9.37 Å². The molecule has 1 fully saturated rings. The predicted octanol–water partition coefficient (Wildman–Crippen LogP) is 2.67. The van der Waals surface area contributed by atoms with Gasteiger partial charge in [0.05, 0.1) is 22.7 Å². The van der Waals surface area contributed by atoms with Crippen molar-refractivity contribution in [3.05, 3.63) is 63.6 Å². The Labute approximate surface area is 157 Å². The quantitative estimate of drug-likeness (QED) is 0.586. The number of anilines is 1. The van der Waals surface area contributed by atoms with Crippen LogP contribution in [0.3, 0.4) is 0 Å². The lowest BCUT2D eigenvalue weighted by atomic mass is 10.2. The summed E-state index contributed by atoms with van der Waals surface area (Å²) < 4.78 is 0.844. The van der Waals surface area contributed by atoms with Gasteiger partial charge < -0.3 is 0 Å². The number of nitrogens with zero attached hydrogens (tertiary/aromatic N) is 1. The van der Waals surface area contributed by atoms with Crippen LogP contribution in [0.2, 0.25) is 5.02 Å². The van der Waals surface area contributed by atoms with Crippen LogP contribution in [0.15, 0.2) is 53.0 Å². The minimum atomic E-state index is -0.831. The Hall–Kier alpha value is -2.22. The van der Waals surface area contributed by atoms with E-state index in [4.69, 9.17) is 11.6 Å². The third-order valence-corrected chi connectivity index (χ3v) is 4.57. The molecule has 8 heteroatoms. The second kappa shape index (κ2) is 7.35. The van der Waals surface area contributed by atoms with E-state index in [9.17, 15) is 14.4 Å². The maximum atomic E-state index is 12.5. The first kappa shape index (κ1) is 17.6. The van der Waals surface area contributed by atoms with Crippen molar-refractivity contribution in [2.24, 2.45) is 0 Å². The van der Waals surface area contributed by atoms with Gasteiger partial charge in [-0.25, -0.2) is 10.3 Å². The van der Waals surface area contributed by atoms with Crippen LogP contribution in [-0.2, 0) is 9.59 Å². The molecule has 1 atom stereocenters. The van der Waals surface area contributed by atoms with E-state index in [-0.39, 0.29) is 17.9 Å². The van der Waals surface area contributed by atoms with E-state index in [2.05, 4.69) is 26.8 Å². The SMILES string of the molecule is O=C(NNC1CC(=O)N(c2ccc(Br)cc2)C1=O)c1ccccc1Cl. The van der Waals surface area contributed by atoms with Crippen LogP contribution in [0.1, 0.15) is 16.8 Å². The molecule has 1 unspecified atom stereocenters. The first-order valence-electron chi connectivity index (χ1n) is 7.40. The Morgan fingerprint density at radius 2 is 1.80 bits per heavy atom. The number of carbonyl (C=O) groups is 3. The van der Waals surface area contributed by atoms with Crippen molar-refractivity contribution in [2.45, 2.75) is 12.5 Å². The summed E-state index contributed by atoms with van der Waals surface area (Å²) in [6.45, 7) is 0. The van der Waals surface area contributed by atoms with Gasteiger partial charge >= 0.3 is 0 Å². The predicted molar refractivity (Wildman–Crippen MR) is 97.1 cm³/mol. The van der Waals surface area contributed by atoms with E-state index < -0.39 is 17.9 Å². The molecular weight excluding hydrogens is 410 g/mol. The van der Waals surface area contributed by atoms with E-state index in [0.29, 0.717) is 10.7 Å². The maximum absolute atomic E-state index is 12.5. The molecule has 1 heterocycles. The minimum Gasteiger partial charge on any atom is -0.287 e. The number of imide groups is 1. The van der Waals surface area contributed by atoms with Crippen molar-refractivity contribution in [2.75, 3.05) is 4.90 Å². The van der Waals surface area contributed by atoms with Crippen molar-refractivity contribution in [3.63, 3.8) is 0 Å². The number of hydrazine groups is 1. The first-order chi connectivity index (χ1) is 12.0. The van der Waals surface area contributed by atoms with E-state index in [1.807, 2.05) is 0 Å². The van der Waals surface area contributed by atoms with Crippen LogP contribution in [0.5, 0.6) is 0 Å². The second-order valence-electron chi connectivity index (χ2n) is 5.38. The van der Waals surface area contributed by atoms with Crippen LogP contribution in [-0.4, -0.2) is 23.8 Å². The molecule has 3 amide bonds. The van der Waals surface area contributed by atoms with Crippen molar-refractivity contribution >= 4 is 50.9 Å².